The van der Waals surface area contributed by atoms with Crippen molar-refractivity contribution in [3.8, 4) is 22.3 Å². The largest absolute Gasteiger partial charge is 0.465 e. The molecule has 0 radical (unpaired) electrons. The molecule has 2 nitrogen and oxygen atoms in total. The van der Waals surface area contributed by atoms with Gasteiger partial charge >= 0.3 is 5.97 Å². The zero-order valence-electron chi connectivity index (χ0n) is 18.5. The molecule has 0 atom stereocenters. The number of carbonyl (C=O) groups is 1. The van der Waals surface area contributed by atoms with Gasteiger partial charge in [0.05, 0.1) is 12.7 Å². The maximum absolute atomic E-state index is 12.7. The van der Waals surface area contributed by atoms with Gasteiger partial charge in [-0.25, -0.2) is 4.79 Å². The minimum Gasteiger partial charge on any atom is -0.465 e. The second kappa shape index (κ2) is 7.97. The fraction of sp³-hybridized carbons (Fsp3) is 0.100. The van der Waals surface area contributed by atoms with E-state index < -0.39 is 0 Å². The lowest BCUT2D eigenvalue weighted by Crippen LogP contribution is -2.06. The lowest BCUT2D eigenvalue weighted by Gasteiger charge is -2.21. The van der Waals surface area contributed by atoms with Crippen LogP contribution in [0.3, 0.4) is 0 Å². The van der Waals surface area contributed by atoms with Gasteiger partial charge in [0.15, 0.2) is 0 Å². The number of carbonyl (C=O) groups excluding carboxylic acids is 1. The average molecular weight is 417 g/mol. The summed E-state index contributed by atoms with van der Waals surface area (Å²) in [6, 6.07) is 31.4. The molecule has 0 fully saturated rings. The summed E-state index contributed by atoms with van der Waals surface area (Å²) >= 11 is 0. The first-order chi connectivity index (χ1) is 15.6. The van der Waals surface area contributed by atoms with Crippen LogP contribution >= 0.6 is 0 Å². The van der Waals surface area contributed by atoms with E-state index in [1.54, 1.807) is 0 Å². The van der Waals surface area contributed by atoms with E-state index in [9.17, 15) is 4.79 Å². The molecule has 0 aliphatic rings. The second-order valence-electron chi connectivity index (χ2n) is 8.15. The minimum absolute atomic E-state index is 0.310. The zero-order valence-corrected chi connectivity index (χ0v) is 18.5. The van der Waals surface area contributed by atoms with Crippen LogP contribution in [0.25, 0.3) is 43.8 Å². The molecule has 0 spiro atoms. The van der Waals surface area contributed by atoms with Gasteiger partial charge in [-0.1, -0.05) is 78.9 Å². The van der Waals surface area contributed by atoms with Crippen molar-refractivity contribution in [2.24, 2.45) is 0 Å². The van der Waals surface area contributed by atoms with Crippen LogP contribution < -0.4 is 0 Å². The smallest absolute Gasteiger partial charge is 0.338 e. The molecule has 5 aromatic carbocycles. The standard InChI is InChI=1S/C30H24O2/c1-19-26(21-11-5-4-6-12-21)17-22-13-7-9-15-24(22)28(19)29-20(2)27(30(31)32-3)18-23-14-8-10-16-25(23)29/h4-18H,1-3H3. The van der Waals surface area contributed by atoms with E-state index in [1.165, 1.54) is 40.1 Å². The first-order valence-corrected chi connectivity index (χ1v) is 10.8. The van der Waals surface area contributed by atoms with E-state index in [0.29, 0.717) is 5.56 Å². The van der Waals surface area contributed by atoms with E-state index in [1.807, 2.05) is 25.1 Å². The van der Waals surface area contributed by atoms with Gasteiger partial charge in [-0.15, -0.1) is 0 Å². The van der Waals surface area contributed by atoms with Crippen LogP contribution in [0.1, 0.15) is 21.5 Å². The van der Waals surface area contributed by atoms with Gasteiger partial charge in [0, 0.05) is 0 Å². The first-order valence-electron chi connectivity index (χ1n) is 10.8. The van der Waals surface area contributed by atoms with Gasteiger partial charge in [-0.05, 0) is 80.9 Å². The zero-order chi connectivity index (χ0) is 22.2. The number of esters is 1. The Kier molecular flexibility index (Phi) is 4.99. The van der Waals surface area contributed by atoms with Gasteiger partial charge < -0.3 is 4.74 Å². The Labute approximate surface area is 188 Å². The molecule has 5 rings (SSSR count). The third kappa shape index (κ3) is 3.16. The summed E-state index contributed by atoms with van der Waals surface area (Å²) < 4.78 is 5.13. The molecule has 0 aliphatic carbocycles. The highest BCUT2D eigenvalue weighted by atomic mass is 16.5. The Morgan fingerprint density at radius 1 is 0.656 bits per heavy atom. The number of ether oxygens (including phenoxy) is 1. The highest BCUT2D eigenvalue weighted by Gasteiger charge is 2.21. The lowest BCUT2D eigenvalue weighted by atomic mass is 9.83. The Bertz CT molecular complexity index is 1480. The van der Waals surface area contributed by atoms with Gasteiger partial charge in [0.25, 0.3) is 0 Å². The van der Waals surface area contributed by atoms with Crippen LogP contribution in [0.5, 0.6) is 0 Å². The normalized spacial score (nSPS) is 11.1. The SMILES string of the molecule is COC(=O)c1cc2ccccc2c(-c2c(C)c(-c3ccccc3)cc3ccccc23)c1C. The Morgan fingerprint density at radius 3 is 1.81 bits per heavy atom. The summed E-state index contributed by atoms with van der Waals surface area (Å²) in [5, 5.41) is 4.53. The summed E-state index contributed by atoms with van der Waals surface area (Å²) in [7, 11) is 1.44. The number of hydrogen-bond acceptors (Lipinski definition) is 2. The van der Waals surface area contributed by atoms with Crippen molar-refractivity contribution >= 4 is 27.5 Å². The highest BCUT2D eigenvalue weighted by molar-refractivity contribution is 6.12. The molecular formula is C30H24O2. The Morgan fingerprint density at radius 2 is 1.19 bits per heavy atom. The highest BCUT2D eigenvalue weighted by Crippen LogP contribution is 2.43. The van der Waals surface area contributed by atoms with Gasteiger partial charge in [0.1, 0.15) is 0 Å². The number of hydrogen-bond donors (Lipinski definition) is 0. The molecule has 0 aromatic heterocycles. The summed E-state index contributed by atoms with van der Waals surface area (Å²) in [5.74, 6) is -0.310. The van der Waals surface area contributed by atoms with Crippen LogP contribution in [0.15, 0.2) is 91.0 Å². The number of fused-ring (bicyclic) bond motifs is 2. The molecule has 0 unspecified atom stereocenters. The summed E-state index contributed by atoms with van der Waals surface area (Å²) in [6.45, 7) is 4.21. The third-order valence-corrected chi connectivity index (χ3v) is 6.36. The number of benzene rings is 5. The predicted octanol–water partition coefficient (Wildman–Crippen LogP) is 7.73. The van der Waals surface area contributed by atoms with Crippen molar-refractivity contribution in [2.45, 2.75) is 13.8 Å². The molecule has 0 saturated carbocycles. The van der Waals surface area contributed by atoms with Crippen LogP contribution in [0, 0.1) is 13.8 Å². The number of methoxy groups -OCH3 is 1. The third-order valence-electron chi connectivity index (χ3n) is 6.36. The minimum atomic E-state index is -0.310. The van der Waals surface area contributed by atoms with Crippen molar-refractivity contribution < 1.29 is 9.53 Å². The summed E-state index contributed by atoms with van der Waals surface area (Å²) in [6.07, 6.45) is 0. The van der Waals surface area contributed by atoms with E-state index >= 15 is 0 Å². The van der Waals surface area contributed by atoms with Crippen molar-refractivity contribution in [1.82, 2.24) is 0 Å². The summed E-state index contributed by atoms with van der Waals surface area (Å²) in [5.41, 5.74) is 7.39. The fourth-order valence-electron chi connectivity index (χ4n) is 4.79. The molecule has 0 amide bonds. The van der Waals surface area contributed by atoms with Crippen LogP contribution in [0.2, 0.25) is 0 Å². The van der Waals surface area contributed by atoms with Crippen molar-refractivity contribution in [3.05, 3.63) is 108 Å². The van der Waals surface area contributed by atoms with Crippen LogP contribution in [-0.2, 0) is 4.74 Å². The van der Waals surface area contributed by atoms with Crippen molar-refractivity contribution in [3.63, 3.8) is 0 Å². The first kappa shape index (κ1) is 20.0. The van der Waals surface area contributed by atoms with E-state index in [4.69, 9.17) is 4.74 Å². The monoisotopic (exact) mass is 416 g/mol. The Hall–Kier alpha value is -3.91. The molecule has 2 heteroatoms. The maximum Gasteiger partial charge on any atom is 0.338 e. The van der Waals surface area contributed by atoms with Crippen LogP contribution in [-0.4, -0.2) is 13.1 Å². The molecule has 0 N–H and O–H groups in total. The van der Waals surface area contributed by atoms with Gasteiger partial charge in [-0.3, -0.25) is 0 Å². The lowest BCUT2D eigenvalue weighted by molar-refractivity contribution is 0.0600. The Balaban J connectivity index is 1.97. The molecule has 156 valence electrons. The van der Waals surface area contributed by atoms with E-state index in [0.717, 1.165) is 21.9 Å². The quantitative estimate of drug-likeness (QED) is 0.281. The van der Waals surface area contributed by atoms with Crippen molar-refractivity contribution in [2.75, 3.05) is 7.11 Å². The molecule has 0 heterocycles. The molecule has 0 bridgehead atoms. The van der Waals surface area contributed by atoms with Gasteiger partial charge in [0.2, 0.25) is 0 Å². The molecule has 0 aliphatic heterocycles. The molecular weight excluding hydrogens is 392 g/mol. The molecule has 0 saturated heterocycles. The fourth-order valence-corrected chi connectivity index (χ4v) is 4.79. The van der Waals surface area contributed by atoms with Crippen LogP contribution in [0.4, 0.5) is 0 Å². The number of rotatable bonds is 3. The second-order valence-corrected chi connectivity index (χ2v) is 8.15. The van der Waals surface area contributed by atoms with E-state index in [-0.39, 0.29) is 5.97 Å². The molecule has 32 heavy (non-hydrogen) atoms. The molecule has 5 aromatic rings. The predicted molar refractivity (Wildman–Crippen MR) is 133 cm³/mol. The van der Waals surface area contributed by atoms with Crippen molar-refractivity contribution in [1.29, 1.82) is 0 Å². The van der Waals surface area contributed by atoms with Gasteiger partial charge in [-0.2, -0.15) is 0 Å². The average Bonchev–Trinajstić information content (AvgIpc) is 2.84. The topological polar surface area (TPSA) is 26.3 Å². The summed E-state index contributed by atoms with van der Waals surface area (Å²) in [4.78, 5) is 12.7. The van der Waals surface area contributed by atoms with E-state index in [2.05, 4.69) is 79.7 Å². The maximum atomic E-state index is 12.7.